The first-order valence-corrected chi connectivity index (χ1v) is 9.19. The third kappa shape index (κ3) is 7.34. The number of hydrogen-bond acceptors (Lipinski definition) is 2. The Morgan fingerprint density at radius 1 is 1.31 bits per heavy atom. The van der Waals surface area contributed by atoms with Crippen molar-refractivity contribution in [3.05, 3.63) is 35.4 Å². The van der Waals surface area contributed by atoms with E-state index < -0.39 is 11.6 Å². The Balaban J connectivity index is 0.00000338. The lowest BCUT2D eigenvalue weighted by atomic mass is 9.97. The number of benzene rings is 1. The number of nitrogens with one attached hydrogen (secondary N) is 2. The van der Waals surface area contributed by atoms with Crippen LogP contribution in [0.5, 0.6) is 0 Å². The Morgan fingerprint density at radius 2 is 2.08 bits per heavy atom. The molecule has 0 bridgehead atoms. The zero-order valence-corrected chi connectivity index (χ0v) is 18.2. The van der Waals surface area contributed by atoms with Gasteiger partial charge in [0.15, 0.2) is 5.96 Å². The number of rotatable bonds is 6. The fraction of sp³-hybridized carbons (Fsp3) is 0.632. The molecule has 0 radical (unpaired) electrons. The zero-order chi connectivity index (χ0) is 18.2. The highest BCUT2D eigenvalue weighted by Gasteiger charge is 2.21. The summed E-state index contributed by atoms with van der Waals surface area (Å²) in [5, 5.41) is 6.52. The van der Waals surface area contributed by atoms with Gasteiger partial charge in [0.05, 0.1) is 6.54 Å². The lowest BCUT2D eigenvalue weighted by Crippen LogP contribution is -2.46. The van der Waals surface area contributed by atoms with Gasteiger partial charge in [0.1, 0.15) is 11.6 Å². The number of hydrogen-bond donors (Lipinski definition) is 2. The van der Waals surface area contributed by atoms with Crippen molar-refractivity contribution in [3.63, 3.8) is 0 Å². The van der Waals surface area contributed by atoms with Crippen LogP contribution in [0.2, 0.25) is 0 Å². The third-order valence-corrected chi connectivity index (χ3v) is 4.60. The number of piperidine rings is 1. The largest absolute Gasteiger partial charge is 0.357 e. The van der Waals surface area contributed by atoms with Crippen molar-refractivity contribution in [1.29, 1.82) is 0 Å². The van der Waals surface area contributed by atoms with Crippen LogP contribution in [0.25, 0.3) is 0 Å². The van der Waals surface area contributed by atoms with Gasteiger partial charge in [-0.05, 0) is 64.3 Å². The van der Waals surface area contributed by atoms with Gasteiger partial charge in [-0.25, -0.2) is 13.8 Å². The second kappa shape index (κ2) is 11.7. The third-order valence-electron chi connectivity index (χ3n) is 4.60. The molecule has 1 unspecified atom stereocenters. The Bertz CT molecular complexity index is 581. The molecule has 148 valence electrons. The van der Waals surface area contributed by atoms with E-state index in [4.69, 9.17) is 0 Å². The summed E-state index contributed by atoms with van der Waals surface area (Å²) in [4.78, 5) is 6.90. The molecule has 0 aliphatic carbocycles. The molecular weight excluding hydrogens is 449 g/mol. The van der Waals surface area contributed by atoms with Crippen LogP contribution >= 0.6 is 24.0 Å². The van der Waals surface area contributed by atoms with Gasteiger partial charge in [-0.2, -0.15) is 0 Å². The second-order valence-corrected chi connectivity index (χ2v) is 6.91. The Hall–Kier alpha value is -0.960. The van der Waals surface area contributed by atoms with E-state index in [0.29, 0.717) is 17.9 Å². The molecule has 0 saturated carbocycles. The van der Waals surface area contributed by atoms with Crippen molar-refractivity contribution >= 4 is 29.9 Å². The minimum Gasteiger partial charge on any atom is -0.357 e. The van der Waals surface area contributed by atoms with Gasteiger partial charge < -0.3 is 15.5 Å². The van der Waals surface area contributed by atoms with E-state index in [9.17, 15) is 8.78 Å². The highest BCUT2D eigenvalue weighted by Crippen LogP contribution is 2.17. The molecule has 1 aliphatic rings. The van der Waals surface area contributed by atoms with Gasteiger partial charge in [-0.3, -0.25) is 0 Å². The standard InChI is InChI=1S/C19H30F2N4.HI/c1-4-22-19(24-12-16-10-17(20)7-8-18(16)21)23-11-15-6-5-9-25(13-15)14(2)3;/h7-8,10,14-15H,4-6,9,11-13H2,1-3H3,(H2,22,23,24);1H. The van der Waals surface area contributed by atoms with E-state index >= 15 is 0 Å². The van der Waals surface area contributed by atoms with Gasteiger partial charge in [-0.15, -0.1) is 24.0 Å². The van der Waals surface area contributed by atoms with Crippen molar-refractivity contribution in [2.24, 2.45) is 10.9 Å². The predicted octanol–water partition coefficient (Wildman–Crippen LogP) is 3.76. The average Bonchev–Trinajstić information content (AvgIpc) is 2.60. The van der Waals surface area contributed by atoms with Gasteiger partial charge in [0.2, 0.25) is 0 Å². The SMILES string of the molecule is CCNC(=NCc1cc(F)ccc1F)NCC1CCCN(C(C)C)C1.I. The molecule has 0 amide bonds. The molecule has 2 N–H and O–H groups in total. The molecule has 0 aromatic heterocycles. The maximum absolute atomic E-state index is 13.7. The van der Waals surface area contributed by atoms with Crippen LogP contribution in [0, 0.1) is 17.6 Å². The molecule has 1 aromatic rings. The van der Waals surface area contributed by atoms with E-state index in [1.807, 2.05) is 6.92 Å². The average molecular weight is 480 g/mol. The number of aliphatic imine (C=N–C) groups is 1. The maximum Gasteiger partial charge on any atom is 0.191 e. The second-order valence-electron chi connectivity index (χ2n) is 6.91. The molecule has 26 heavy (non-hydrogen) atoms. The van der Waals surface area contributed by atoms with Crippen molar-refractivity contribution in [1.82, 2.24) is 15.5 Å². The molecule has 0 spiro atoms. The number of halogens is 3. The van der Waals surface area contributed by atoms with E-state index in [1.54, 1.807) is 0 Å². The van der Waals surface area contributed by atoms with E-state index in [-0.39, 0.29) is 36.1 Å². The van der Waals surface area contributed by atoms with Crippen molar-refractivity contribution in [2.75, 3.05) is 26.2 Å². The monoisotopic (exact) mass is 480 g/mol. The Kier molecular flexibility index (Phi) is 10.4. The smallest absolute Gasteiger partial charge is 0.191 e. The summed E-state index contributed by atoms with van der Waals surface area (Å²) in [7, 11) is 0. The summed E-state index contributed by atoms with van der Waals surface area (Å²) >= 11 is 0. The molecule has 1 heterocycles. The van der Waals surface area contributed by atoms with Crippen molar-refractivity contribution in [3.8, 4) is 0 Å². The first-order chi connectivity index (χ1) is 12.0. The van der Waals surface area contributed by atoms with E-state index in [0.717, 1.165) is 31.8 Å². The molecule has 4 nitrogen and oxygen atoms in total. The van der Waals surface area contributed by atoms with Gasteiger partial charge in [-0.1, -0.05) is 0 Å². The van der Waals surface area contributed by atoms with E-state index in [2.05, 4.69) is 34.4 Å². The summed E-state index contributed by atoms with van der Waals surface area (Å²) in [6.07, 6.45) is 2.42. The first-order valence-electron chi connectivity index (χ1n) is 9.19. The molecule has 1 fully saturated rings. The molecule has 1 atom stereocenters. The highest BCUT2D eigenvalue weighted by atomic mass is 127. The lowest BCUT2D eigenvalue weighted by molar-refractivity contribution is 0.141. The van der Waals surface area contributed by atoms with Crippen LogP contribution < -0.4 is 10.6 Å². The normalized spacial score (nSPS) is 18.5. The zero-order valence-electron chi connectivity index (χ0n) is 15.9. The van der Waals surface area contributed by atoms with Crippen LogP contribution in [0.3, 0.4) is 0 Å². The Morgan fingerprint density at radius 3 is 2.77 bits per heavy atom. The summed E-state index contributed by atoms with van der Waals surface area (Å²) in [6, 6.07) is 4.03. The quantitative estimate of drug-likeness (QED) is 0.370. The minimum atomic E-state index is -0.444. The molecule has 2 rings (SSSR count). The molecule has 1 saturated heterocycles. The topological polar surface area (TPSA) is 39.7 Å². The lowest BCUT2D eigenvalue weighted by Gasteiger charge is -2.35. The summed E-state index contributed by atoms with van der Waals surface area (Å²) < 4.78 is 27.0. The minimum absolute atomic E-state index is 0. The fourth-order valence-electron chi connectivity index (χ4n) is 3.14. The predicted molar refractivity (Wildman–Crippen MR) is 114 cm³/mol. The Labute approximate surface area is 172 Å². The van der Waals surface area contributed by atoms with Gasteiger partial charge in [0.25, 0.3) is 0 Å². The molecule has 7 heteroatoms. The van der Waals surface area contributed by atoms with Crippen LogP contribution in [-0.4, -0.2) is 43.1 Å². The summed E-state index contributed by atoms with van der Waals surface area (Å²) in [5.74, 6) is 0.347. The fourth-order valence-corrected chi connectivity index (χ4v) is 3.14. The van der Waals surface area contributed by atoms with Crippen LogP contribution in [0.1, 0.15) is 39.2 Å². The van der Waals surface area contributed by atoms with Crippen molar-refractivity contribution < 1.29 is 8.78 Å². The first kappa shape index (κ1) is 23.1. The van der Waals surface area contributed by atoms with Crippen LogP contribution in [-0.2, 0) is 6.54 Å². The van der Waals surface area contributed by atoms with Gasteiger partial charge >= 0.3 is 0 Å². The van der Waals surface area contributed by atoms with Crippen molar-refractivity contribution in [2.45, 2.75) is 46.2 Å². The van der Waals surface area contributed by atoms with Gasteiger partial charge in [0, 0.05) is 31.2 Å². The van der Waals surface area contributed by atoms with E-state index in [1.165, 1.54) is 25.5 Å². The summed E-state index contributed by atoms with van der Waals surface area (Å²) in [5.41, 5.74) is 0.265. The number of nitrogens with zero attached hydrogens (tertiary/aromatic N) is 2. The molecule has 1 aromatic carbocycles. The maximum atomic E-state index is 13.7. The molecular formula is C19H31F2IN4. The number of guanidine groups is 1. The summed E-state index contributed by atoms with van der Waals surface area (Å²) in [6.45, 7) is 10.4. The highest BCUT2D eigenvalue weighted by molar-refractivity contribution is 14.0. The molecule has 1 aliphatic heterocycles. The van der Waals surface area contributed by atoms with Crippen LogP contribution in [0.15, 0.2) is 23.2 Å². The van der Waals surface area contributed by atoms with Crippen LogP contribution in [0.4, 0.5) is 8.78 Å². The number of likely N-dealkylation sites (tertiary alicyclic amines) is 1.